The lowest BCUT2D eigenvalue weighted by Gasteiger charge is -2.24. The summed E-state index contributed by atoms with van der Waals surface area (Å²) in [7, 11) is 0. The topological polar surface area (TPSA) is 59.8 Å². The molecule has 0 aliphatic heterocycles. The summed E-state index contributed by atoms with van der Waals surface area (Å²) in [5, 5.41) is 12.7. The molecule has 0 unspecified atom stereocenters. The third kappa shape index (κ3) is 3.95. The molecule has 0 radical (unpaired) electrons. The van der Waals surface area contributed by atoms with Gasteiger partial charge >= 0.3 is 0 Å². The lowest BCUT2D eigenvalue weighted by molar-refractivity contribution is -0.121. The van der Waals surface area contributed by atoms with Crippen LogP contribution in [0.1, 0.15) is 63.6 Å². The fraction of sp³-hybridized carbons (Fsp3) is 0.550. The number of nitrogens with zero attached hydrogens (tertiary/aromatic N) is 3. The minimum atomic E-state index is -0.185. The van der Waals surface area contributed by atoms with E-state index in [4.69, 9.17) is 0 Å². The van der Waals surface area contributed by atoms with Crippen molar-refractivity contribution in [1.82, 2.24) is 20.1 Å². The van der Waals surface area contributed by atoms with Crippen LogP contribution in [0.15, 0.2) is 35.5 Å². The van der Waals surface area contributed by atoms with Crippen LogP contribution in [-0.2, 0) is 4.79 Å². The van der Waals surface area contributed by atoms with Crippen LogP contribution >= 0.6 is 11.8 Å². The second-order valence-corrected chi connectivity index (χ2v) is 8.70. The minimum absolute atomic E-state index is 0.109. The first-order valence-electron chi connectivity index (χ1n) is 9.70. The van der Waals surface area contributed by atoms with E-state index in [1.165, 1.54) is 43.9 Å². The predicted molar refractivity (Wildman–Crippen MR) is 104 cm³/mol. The molecule has 26 heavy (non-hydrogen) atoms. The van der Waals surface area contributed by atoms with Gasteiger partial charge in [-0.15, -0.1) is 10.2 Å². The molecule has 1 aromatic heterocycles. The molecule has 2 aliphatic rings. The summed E-state index contributed by atoms with van der Waals surface area (Å²) < 4.78 is 2.13. The Morgan fingerprint density at radius 2 is 1.85 bits per heavy atom. The molecule has 2 saturated carbocycles. The van der Waals surface area contributed by atoms with Crippen molar-refractivity contribution >= 4 is 17.7 Å². The number of thioether (sulfide) groups is 1. The molecule has 6 heteroatoms. The number of benzene rings is 1. The molecule has 2 fully saturated rings. The average molecular weight is 371 g/mol. The van der Waals surface area contributed by atoms with Crippen molar-refractivity contribution in [2.75, 3.05) is 0 Å². The van der Waals surface area contributed by atoms with E-state index in [1.807, 2.05) is 25.1 Å². The van der Waals surface area contributed by atoms with Gasteiger partial charge in [0.1, 0.15) is 5.82 Å². The lowest BCUT2D eigenvalue weighted by atomic mass is 9.95. The van der Waals surface area contributed by atoms with Crippen LogP contribution in [0.3, 0.4) is 0 Å². The van der Waals surface area contributed by atoms with Crippen molar-refractivity contribution in [1.29, 1.82) is 0 Å². The first-order valence-corrected chi connectivity index (χ1v) is 10.6. The zero-order chi connectivity index (χ0) is 17.9. The molecule has 0 saturated heterocycles. The molecule has 1 aromatic carbocycles. The third-order valence-corrected chi connectivity index (χ3v) is 6.26. The second-order valence-electron chi connectivity index (χ2n) is 7.39. The zero-order valence-electron chi connectivity index (χ0n) is 15.2. The number of rotatable bonds is 6. The number of hydrogen-bond acceptors (Lipinski definition) is 4. The second kappa shape index (κ2) is 7.82. The Morgan fingerprint density at radius 1 is 1.12 bits per heavy atom. The Morgan fingerprint density at radius 3 is 2.54 bits per heavy atom. The predicted octanol–water partition coefficient (Wildman–Crippen LogP) is 4.07. The van der Waals surface area contributed by atoms with E-state index in [-0.39, 0.29) is 11.2 Å². The Bertz CT molecular complexity index is 750. The van der Waals surface area contributed by atoms with E-state index < -0.39 is 0 Å². The van der Waals surface area contributed by atoms with Gasteiger partial charge < -0.3 is 5.32 Å². The Hall–Kier alpha value is -1.82. The Labute approximate surface area is 159 Å². The minimum Gasteiger partial charge on any atom is -0.352 e. The van der Waals surface area contributed by atoms with Gasteiger partial charge in [-0.2, -0.15) is 0 Å². The number of amides is 1. The first-order chi connectivity index (χ1) is 12.7. The molecule has 0 spiro atoms. The van der Waals surface area contributed by atoms with Gasteiger partial charge in [-0.3, -0.25) is 9.36 Å². The summed E-state index contributed by atoms with van der Waals surface area (Å²) in [5.41, 5.74) is 1.07. The third-order valence-electron chi connectivity index (χ3n) is 5.22. The van der Waals surface area contributed by atoms with E-state index in [0.29, 0.717) is 12.0 Å². The lowest BCUT2D eigenvalue weighted by Crippen LogP contribution is -2.40. The number of aromatic nitrogens is 3. The Balaban J connectivity index is 1.49. The molecule has 1 amide bonds. The van der Waals surface area contributed by atoms with Crippen LogP contribution in [0.5, 0.6) is 0 Å². The molecule has 2 aromatic rings. The highest BCUT2D eigenvalue weighted by atomic mass is 32.2. The molecule has 5 nitrogen and oxygen atoms in total. The molecule has 1 heterocycles. The van der Waals surface area contributed by atoms with Crippen LogP contribution in [-0.4, -0.2) is 32.0 Å². The summed E-state index contributed by atoms with van der Waals surface area (Å²) in [4.78, 5) is 12.6. The van der Waals surface area contributed by atoms with Gasteiger partial charge in [0.05, 0.1) is 5.25 Å². The van der Waals surface area contributed by atoms with Crippen LogP contribution in [0.2, 0.25) is 0 Å². The van der Waals surface area contributed by atoms with E-state index in [9.17, 15) is 4.79 Å². The van der Waals surface area contributed by atoms with Gasteiger partial charge in [-0.1, -0.05) is 49.2 Å². The largest absolute Gasteiger partial charge is 0.352 e. The maximum absolute atomic E-state index is 12.6. The van der Waals surface area contributed by atoms with Gasteiger partial charge in [0.25, 0.3) is 0 Å². The maximum atomic E-state index is 12.6. The molecular weight excluding hydrogens is 344 g/mol. The fourth-order valence-corrected chi connectivity index (χ4v) is 4.44. The molecular formula is C20H26N4OS. The smallest absolute Gasteiger partial charge is 0.233 e. The van der Waals surface area contributed by atoms with Crippen LogP contribution in [0.4, 0.5) is 0 Å². The highest BCUT2D eigenvalue weighted by Gasteiger charge is 2.32. The molecule has 2 aliphatic carbocycles. The van der Waals surface area contributed by atoms with Gasteiger partial charge in [0.15, 0.2) is 5.16 Å². The molecule has 4 rings (SSSR count). The van der Waals surface area contributed by atoms with Crippen molar-refractivity contribution in [3.63, 3.8) is 0 Å². The van der Waals surface area contributed by atoms with Crippen molar-refractivity contribution in [3.05, 3.63) is 36.2 Å². The summed E-state index contributed by atoms with van der Waals surface area (Å²) in [6.45, 7) is 1.96. The average Bonchev–Trinajstić information content (AvgIpc) is 3.44. The standard InChI is InChI=1S/C20H26N4OS/c1-14(19(25)21-16-8-4-2-5-9-16)26-20-23-22-18(15-12-13-15)24(20)17-10-6-3-7-11-17/h3,6-7,10-11,14-16H,2,4-5,8-9,12-13H2,1H3,(H,21,25)/t14-/m1/s1. The highest BCUT2D eigenvalue weighted by molar-refractivity contribution is 8.00. The summed E-state index contributed by atoms with van der Waals surface area (Å²) >= 11 is 1.51. The van der Waals surface area contributed by atoms with Gasteiger partial charge in [0, 0.05) is 17.6 Å². The highest BCUT2D eigenvalue weighted by Crippen LogP contribution is 2.41. The number of hydrogen-bond donors (Lipinski definition) is 1. The maximum Gasteiger partial charge on any atom is 0.233 e. The summed E-state index contributed by atoms with van der Waals surface area (Å²) in [6.07, 6.45) is 8.30. The van der Waals surface area contributed by atoms with Gasteiger partial charge in [-0.25, -0.2) is 0 Å². The number of carbonyl (C=O) groups excluding carboxylic acids is 1. The molecule has 1 N–H and O–H groups in total. The van der Waals surface area contributed by atoms with E-state index in [1.54, 1.807) is 0 Å². The summed E-state index contributed by atoms with van der Waals surface area (Å²) in [5.74, 6) is 1.64. The zero-order valence-corrected chi connectivity index (χ0v) is 16.0. The van der Waals surface area contributed by atoms with E-state index in [2.05, 4.69) is 32.2 Å². The van der Waals surface area contributed by atoms with Crippen LogP contribution in [0, 0.1) is 0 Å². The van der Waals surface area contributed by atoms with Crippen molar-refractivity contribution in [2.24, 2.45) is 0 Å². The first kappa shape index (κ1) is 17.6. The van der Waals surface area contributed by atoms with Crippen molar-refractivity contribution < 1.29 is 4.79 Å². The monoisotopic (exact) mass is 370 g/mol. The van der Waals surface area contributed by atoms with Crippen LogP contribution < -0.4 is 5.32 Å². The van der Waals surface area contributed by atoms with E-state index >= 15 is 0 Å². The molecule has 138 valence electrons. The Kier molecular flexibility index (Phi) is 5.29. The van der Waals surface area contributed by atoms with Gasteiger partial charge in [-0.05, 0) is 44.7 Å². The quantitative estimate of drug-likeness (QED) is 0.779. The molecule has 1 atom stereocenters. The molecule has 0 bridgehead atoms. The van der Waals surface area contributed by atoms with Crippen molar-refractivity contribution in [3.8, 4) is 5.69 Å². The normalized spacial score (nSPS) is 19.3. The number of nitrogens with one attached hydrogen (secondary N) is 1. The van der Waals surface area contributed by atoms with Crippen LogP contribution in [0.25, 0.3) is 5.69 Å². The van der Waals surface area contributed by atoms with Crippen molar-refractivity contribution in [2.45, 2.75) is 74.2 Å². The number of para-hydroxylation sites is 1. The summed E-state index contributed by atoms with van der Waals surface area (Å²) in [6, 6.07) is 10.6. The van der Waals surface area contributed by atoms with Gasteiger partial charge in [0.2, 0.25) is 5.91 Å². The SMILES string of the molecule is C[C@@H](Sc1nnc(C2CC2)n1-c1ccccc1)C(=O)NC1CCCCC1. The number of carbonyl (C=O) groups is 1. The van der Waals surface area contributed by atoms with E-state index in [0.717, 1.165) is 29.5 Å². The fourth-order valence-electron chi connectivity index (χ4n) is 3.56.